The van der Waals surface area contributed by atoms with Crippen LogP contribution in [0.4, 0.5) is 0 Å². The standard InChI is InChI=1S/C20H22ClN5/c1-2-22-20(24-12-10-15-8-9-18(21)25-13-15)26-14-17-6-3-5-16-7-4-11-23-19(16)17/h3-9,11,13H,2,10,12,14H2,1H3,(H2,22,24,26). The predicted molar refractivity (Wildman–Crippen MR) is 108 cm³/mol. The summed E-state index contributed by atoms with van der Waals surface area (Å²) >= 11 is 5.82. The van der Waals surface area contributed by atoms with Gasteiger partial charge in [0.05, 0.1) is 12.1 Å². The van der Waals surface area contributed by atoms with Crippen molar-refractivity contribution >= 4 is 28.5 Å². The average molecular weight is 368 g/mol. The first-order valence-electron chi connectivity index (χ1n) is 8.71. The van der Waals surface area contributed by atoms with Gasteiger partial charge in [-0.15, -0.1) is 0 Å². The first-order chi connectivity index (χ1) is 12.8. The van der Waals surface area contributed by atoms with Crippen molar-refractivity contribution < 1.29 is 0 Å². The third-order valence-corrected chi connectivity index (χ3v) is 4.19. The van der Waals surface area contributed by atoms with Gasteiger partial charge in [0, 0.05) is 30.9 Å². The van der Waals surface area contributed by atoms with E-state index < -0.39 is 0 Å². The molecule has 2 aromatic heterocycles. The number of benzene rings is 1. The number of halogens is 1. The van der Waals surface area contributed by atoms with E-state index in [9.17, 15) is 0 Å². The maximum atomic E-state index is 5.82. The summed E-state index contributed by atoms with van der Waals surface area (Å²) in [6.45, 7) is 4.21. The van der Waals surface area contributed by atoms with Crippen molar-refractivity contribution in [1.82, 2.24) is 20.6 Å². The lowest BCUT2D eigenvalue weighted by Gasteiger charge is -2.11. The number of hydrogen-bond acceptors (Lipinski definition) is 3. The van der Waals surface area contributed by atoms with Crippen LogP contribution in [0, 0.1) is 0 Å². The van der Waals surface area contributed by atoms with E-state index in [2.05, 4.69) is 45.7 Å². The SMILES string of the molecule is CCNC(=NCc1cccc2cccnc12)NCCc1ccc(Cl)nc1. The third kappa shape index (κ3) is 4.92. The number of pyridine rings is 2. The number of para-hydroxylation sites is 1. The van der Waals surface area contributed by atoms with Crippen LogP contribution in [0.3, 0.4) is 0 Å². The van der Waals surface area contributed by atoms with Crippen molar-refractivity contribution in [2.45, 2.75) is 19.9 Å². The molecule has 0 bridgehead atoms. The molecule has 0 fully saturated rings. The lowest BCUT2D eigenvalue weighted by atomic mass is 10.1. The summed E-state index contributed by atoms with van der Waals surface area (Å²) in [4.78, 5) is 13.3. The van der Waals surface area contributed by atoms with Gasteiger partial charge >= 0.3 is 0 Å². The Morgan fingerprint density at radius 3 is 2.77 bits per heavy atom. The molecule has 0 amide bonds. The van der Waals surface area contributed by atoms with Crippen molar-refractivity contribution in [3.8, 4) is 0 Å². The Hall–Kier alpha value is -2.66. The summed E-state index contributed by atoms with van der Waals surface area (Å²) in [6.07, 6.45) is 4.47. The molecule has 1 aromatic carbocycles. The zero-order valence-electron chi connectivity index (χ0n) is 14.7. The smallest absolute Gasteiger partial charge is 0.191 e. The highest BCUT2D eigenvalue weighted by Crippen LogP contribution is 2.16. The number of hydrogen-bond donors (Lipinski definition) is 2. The van der Waals surface area contributed by atoms with Crippen LogP contribution >= 0.6 is 11.6 Å². The van der Waals surface area contributed by atoms with E-state index in [0.29, 0.717) is 11.7 Å². The lowest BCUT2D eigenvalue weighted by Crippen LogP contribution is -2.38. The van der Waals surface area contributed by atoms with E-state index in [-0.39, 0.29) is 0 Å². The molecule has 3 rings (SSSR count). The van der Waals surface area contributed by atoms with Crippen molar-refractivity contribution in [1.29, 1.82) is 0 Å². The highest BCUT2D eigenvalue weighted by atomic mass is 35.5. The largest absolute Gasteiger partial charge is 0.357 e. The zero-order valence-corrected chi connectivity index (χ0v) is 15.5. The minimum absolute atomic E-state index is 0.514. The van der Waals surface area contributed by atoms with E-state index >= 15 is 0 Å². The van der Waals surface area contributed by atoms with Crippen molar-refractivity contribution in [3.63, 3.8) is 0 Å². The fraction of sp³-hybridized carbons (Fsp3) is 0.250. The van der Waals surface area contributed by atoms with Crippen molar-refractivity contribution in [2.24, 2.45) is 4.99 Å². The molecule has 0 unspecified atom stereocenters. The van der Waals surface area contributed by atoms with E-state index in [1.807, 2.05) is 30.5 Å². The molecule has 134 valence electrons. The number of nitrogens with one attached hydrogen (secondary N) is 2. The van der Waals surface area contributed by atoms with Gasteiger partial charge < -0.3 is 10.6 Å². The molecule has 5 nitrogen and oxygen atoms in total. The maximum absolute atomic E-state index is 5.82. The Labute approximate surface area is 158 Å². The summed E-state index contributed by atoms with van der Waals surface area (Å²) < 4.78 is 0. The molecule has 0 saturated carbocycles. The van der Waals surface area contributed by atoms with Crippen LogP contribution in [0.5, 0.6) is 0 Å². The Bertz CT molecular complexity index is 872. The van der Waals surface area contributed by atoms with E-state index in [0.717, 1.165) is 47.5 Å². The predicted octanol–water partition coefficient (Wildman–Crippen LogP) is 3.58. The minimum atomic E-state index is 0.514. The third-order valence-electron chi connectivity index (χ3n) is 3.96. The molecule has 3 aromatic rings. The number of rotatable bonds is 6. The fourth-order valence-corrected chi connectivity index (χ4v) is 2.79. The monoisotopic (exact) mass is 367 g/mol. The lowest BCUT2D eigenvalue weighted by molar-refractivity contribution is 0.798. The Morgan fingerprint density at radius 1 is 1.08 bits per heavy atom. The van der Waals surface area contributed by atoms with Gasteiger partial charge in [-0.25, -0.2) is 9.98 Å². The molecule has 6 heteroatoms. The first kappa shape index (κ1) is 18.1. The molecule has 0 aliphatic heterocycles. The number of fused-ring (bicyclic) bond motifs is 1. The molecule has 0 saturated heterocycles. The zero-order chi connectivity index (χ0) is 18.2. The van der Waals surface area contributed by atoms with Gasteiger partial charge in [0.15, 0.2) is 5.96 Å². The van der Waals surface area contributed by atoms with Crippen molar-refractivity contribution in [2.75, 3.05) is 13.1 Å². The van der Waals surface area contributed by atoms with Gasteiger partial charge in [-0.1, -0.05) is 41.9 Å². The number of aliphatic imine (C=N–C) groups is 1. The van der Waals surface area contributed by atoms with Crippen LogP contribution in [-0.4, -0.2) is 29.0 Å². The van der Waals surface area contributed by atoms with Gasteiger partial charge in [-0.3, -0.25) is 4.98 Å². The highest BCUT2D eigenvalue weighted by molar-refractivity contribution is 6.29. The van der Waals surface area contributed by atoms with Gasteiger partial charge in [0.25, 0.3) is 0 Å². The van der Waals surface area contributed by atoms with Crippen LogP contribution in [-0.2, 0) is 13.0 Å². The molecule has 0 radical (unpaired) electrons. The van der Waals surface area contributed by atoms with E-state index in [1.54, 1.807) is 6.20 Å². The molecule has 0 aliphatic rings. The quantitative estimate of drug-likeness (QED) is 0.397. The average Bonchev–Trinajstić information content (AvgIpc) is 2.67. The molecule has 0 atom stereocenters. The van der Waals surface area contributed by atoms with Crippen LogP contribution in [0.25, 0.3) is 10.9 Å². The molecule has 2 heterocycles. The Morgan fingerprint density at radius 2 is 1.96 bits per heavy atom. The minimum Gasteiger partial charge on any atom is -0.357 e. The number of nitrogens with zero attached hydrogens (tertiary/aromatic N) is 3. The maximum Gasteiger partial charge on any atom is 0.191 e. The summed E-state index contributed by atoms with van der Waals surface area (Å²) in [7, 11) is 0. The summed E-state index contributed by atoms with van der Waals surface area (Å²) in [5, 5.41) is 8.28. The van der Waals surface area contributed by atoms with Crippen LogP contribution < -0.4 is 10.6 Å². The number of guanidine groups is 1. The summed E-state index contributed by atoms with van der Waals surface area (Å²) in [5.74, 6) is 0.794. The summed E-state index contributed by atoms with van der Waals surface area (Å²) in [5.41, 5.74) is 3.25. The van der Waals surface area contributed by atoms with Crippen LogP contribution in [0.2, 0.25) is 5.15 Å². The molecular formula is C20H22ClN5. The second-order valence-corrected chi connectivity index (χ2v) is 6.24. The van der Waals surface area contributed by atoms with Crippen molar-refractivity contribution in [3.05, 3.63) is 71.1 Å². The first-order valence-corrected chi connectivity index (χ1v) is 9.09. The molecule has 26 heavy (non-hydrogen) atoms. The highest BCUT2D eigenvalue weighted by Gasteiger charge is 2.03. The molecule has 0 spiro atoms. The normalized spacial score (nSPS) is 11.5. The van der Waals surface area contributed by atoms with Crippen LogP contribution in [0.1, 0.15) is 18.1 Å². The topological polar surface area (TPSA) is 62.2 Å². The van der Waals surface area contributed by atoms with E-state index in [4.69, 9.17) is 16.6 Å². The van der Waals surface area contributed by atoms with Gasteiger partial charge in [0.1, 0.15) is 5.15 Å². The second-order valence-electron chi connectivity index (χ2n) is 5.85. The molecular weight excluding hydrogens is 346 g/mol. The van der Waals surface area contributed by atoms with Gasteiger partial charge in [-0.05, 0) is 36.6 Å². The van der Waals surface area contributed by atoms with Gasteiger partial charge in [0.2, 0.25) is 0 Å². The Kier molecular flexibility index (Phi) is 6.39. The second kappa shape index (κ2) is 9.15. The van der Waals surface area contributed by atoms with Crippen LogP contribution in [0.15, 0.2) is 59.9 Å². The fourth-order valence-electron chi connectivity index (χ4n) is 2.68. The number of aromatic nitrogens is 2. The Balaban J connectivity index is 1.63. The summed E-state index contributed by atoms with van der Waals surface area (Å²) in [6, 6.07) is 14.0. The molecule has 0 aliphatic carbocycles. The van der Waals surface area contributed by atoms with Gasteiger partial charge in [-0.2, -0.15) is 0 Å². The van der Waals surface area contributed by atoms with E-state index in [1.165, 1.54) is 0 Å². The molecule has 2 N–H and O–H groups in total.